The van der Waals surface area contributed by atoms with E-state index in [1.54, 1.807) is 0 Å². The van der Waals surface area contributed by atoms with Crippen molar-refractivity contribution in [2.24, 2.45) is 0 Å². The van der Waals surface area contributed by atoms with Crippen molar-refractivity contribution in [3.05, 3.63) is 41.5 Å². The van der Waals surface area contributed by atoms with Crippen LogP contribution < -0.4 is 0 Å². The van der Waals surface area contributed by atoms with Crippen LogP contribution in [0.5, 0.6) is 0 Å². The van der Waals surface area contributed by atoms with Gasteiger partial charge in [0.1, 0.15) is 5.60 Å². The van der Waals surface area contributed by atoms with Crippen LogP contribution in [0.15, 0.2) is 30.3 Å². The molecule has 2 heterocycles. The number of carbonyl (C=O) groups excluding carboxylic acids is 1. The zero-order chi connectivity index (χ0) is 19.1. The Morgan fingerprint density at radius 3 is 2.31 bits per heavy atom. The van der Waals surface area contributed by atoms with Crippen molar-refractivity contribution in [2.45, 2.75) is 70.3 Å². The van der Waals surface area contributed by atoms with E-state index < -0.39 is 17.3 Å². The van der Waals surface area contributed by atoms with Gasteiger partial charge in [-0.3, -0.25) is 4.90 Å². The third kappa shape index (κ3) is 4.05. The van der Waals surface area contributed by atoms with Crippen LogP contribution in [0.3, 0.4) is 0 Å². The lowest BCUT2D eigenvalue weighted by Crippen LogP contribution is -2.53. The number of rotatable bonds is 1. The molecule has 0 N–H and O–H groups in total. The molecule has 3 rings (SSSR count). The Hall–Kier alpha value is -1.98. The maximum atomic E-state index is 12.8. The van der Waals surface area contributed by atoms with E-state index in [4.69, 9.17) is 4.74 Å². The Morgan fingerprint density at radius 1 is 1.12 bits per heavy atom. The summed E-state index contributed by atoms with van der Waals surface area (Å²) in [5.41, 5.74) is 0.600. The lowest BCUT2D eigenvalue weighted by molar-refractivity contribution is -0.137. The molecule has 1 saturated heterocycles. The summed E-state index contributed by atoms with van der Waals surface area (Å²) in [5.74, 6) is 0. The number of piperidine rings is 1. The van der Waals surface area contributed by atoms with Crippen LogP contribution in [0.4, 0.5) is 18.0 Å². The molecule has 1 fully saturated rings. The highest BCUT2D eigenvalue weighted by molar-refractivity contribution is 5.74. The molecule has 6 heteroatoms. The van der Waals surface area contributed by atoms with Gasteiger partial charge in [-0.05, 0) is 69.7 Å². The molecule has 0 spiro atoms. The van der Waals surface area contributed by atoms with Gasteiger partial charge in [0.25, 0.3) is 0 Å². The van der Waals surface area contributed by atoms with Gasteiger partial charge < -0.3 is 4.74 Å². The molecular formula is C20H24F3NO2. The summed E-state index contributed by atoms with van der Waals surface area (Å²) >= 11 is 0. The summed E-state index contributed by atoms with van der Waals surface area (Å²) in [7, 11) is 0. The van der Waals surface area contributed by atoms with Gasteiger partial charge in [0, 0.05) is 6.04 Å². The first kappa shape index (κ1) is 18.8. The lowest BCUT2D eigenvalue weighted by Gasteiger charge is -2.45. The van der Waals surface area contributed by atoms with Crippen LogP contribution >= 0.6 is 0 Å². The number of fused-ring (bicyclic) bond motifs is 2. The van der Waals surface area contributed by atoms with Gasteiger partial charge in [0.15, 0.2) is 0 Å². The van der Waals surface area contributed by atoms with Crippen molar-refractivity contribution in [3.63, 3.8) is 0 Å². The first-order valence-electron chi connectivity index (χ1n) is 8.94. The average molecular weight is 367 g/mol. The van der Waals surface area contributed by atoms with E-state index in [-0.39, 0.29) is 18.2 Å². The summed E-state index contributed by atoms with van der Waals surface area (Å²) in [6, 6.07) is 5.25. The predicted octanol–water partition coefficient (Wildman–Crippen LogP) is 5.65. The Labute approximate surface area is 151 Å². The molecule has 2 aliphatic rings. The predicted molar refractivity (Wildman–Crippen MR) is 93.5 cm³/mol. The van der Waals surface area contributed by atoms with Gasteiger partial charge in [0.2, 0.25) is 0 Å². The third-order valence-corrected chi connectivity index (χ3v) is 4.82. The second-order valence-corrected chi connectivity index (χ2v) is 8.01. The minimum Gasteiger partial charge on any atom is -0.444 e. The van der Waals surface area contributed by atoms with Gasteiger partial charge >= 0.3 is 12.3 Å². The van der Waals surface area contributed by atoms with Gasteiger partial charge in [0.05, 0.1) is 11.6 Å². The van der Waals surface area contributed by atoms with Crippen LogP contribution in [-0.2, 0) is 10.9 Å². The van der Waals surface area contributed by atoms with E-state index >= 15 is 0 Å². The zero-order valence-corrected chi connectivity index (χ0v) is 15.3. The Balaban J connectivity index is 1.83. The Kier molecular flexibility index (Phi) is 4.80. The van der Waals surface area contributed by atoms with Crippen LogP contribution in [0.25, 0.3) is 5.57 Å². The number of ether oxygens (including phenoxy) is 1. The number of halogens is 3. The standard InChI is InChI=1S/C20H24F3NO2/c1-19(2,3)26-18(25)24-16-5-4-6-17(24)12-14(11-16)13-7-9-15(10-8-13)20(21,22)23/h7-11,16-17H,4-6,12H2,1-3H3. The second kappa shape index (κ2) is 6.63. The SMILES string of the molecule is CC(C)(C)OC(=O)N1C2C=C(c3ccc(C(F)(F)F)cc3)CC1CCC2. The van der Waals surface area contributed by atoms with Gasteiger partial charge in [-0.1, -0.05) is 18.2 Å². The zero-order valence-electron chi connectivity index (χ0n) is 15.3. The molecular weight excluding hydrogens is 343 g/mol. The van der Waals surface area contributed by atoms with Crippen molar-refractivity contribution in [3.8, 4) is 0 Å². The smallest absolute Gasteiger partial charge is 0.416 e. The molecule has 1 amide bonds. The van der Waals surface area contributed by atoms with Gasteiger partial charge in [-0.15, -0.1) is 0 Å². The summed E-state index contributed by atoms with van der Waals surface area (Å²) in [5, 5.41) is 0. The van der Waals surface area contributed by atoms with Gasteiger partial charge in [-0.2, -0.15) is 13.2 Å². The number of carbonyl (C=O) groups is 1. The van der Waals surface area contributed by atoms with Crippen molar-refractivity contribution < 1.29 is 22.7 Å². The number of alkyl halides is 3. The normalized spacial score (nSPS) is 23.5. The topological polar surface area (TPSA) is 29.5 Å². The highest BCUT2D eigenvalue weighted by atomic mass is 19.4. The minimum absolute atomic E-state index is 0.0332. The highest BCUT2D eigenvalue weighted by Crippen LogP contribution is 2.38. The summed E-state index contributed by atoms with van der Waals surface area (Å²) in [6.45, 7) is 5.52. The number of benzene rings is 1. The number of hydrogen-bond donors (Lipinski definition) is 0. The second-order valence-electron chi connectivity index (χ2n) is 8.01. The molecule has 2 aliphatic heterocycles. The fourth-order valence-corrected chi connectivity index (χ4v) is 3.72. The van der Waals surface area contributed by atoms with E-state index in [1.807, 2.05) is 31.7 Å². The lowest BCUT2D eigenvalue weighted by atomic mass is 9.83. The first-order valence-corrected chi connectivity index (χ1v) is 8.94. The summed E-state index contributed by atoms with van der Waals surface area (Å²) in [4.78, 5) is 14.4. The van der Waals surface area contributed by atoms with Crippen molar-refractivity contribution in [1.29, 1.82) is 0 Å². The van der Waals surface area contributed by atoms with E-state index in [0.717, 1.165) is 42.5 Å². The fourth-order valence-electron chi connectivity index (χ4n) is 3.72. The molecule has 1 aromatic rings. The molecule has 1 aromatic carbocycles. The quantitative estimate of drug-likeness (QED) is 0.642. The molecule has 142 valence electrons. The van der Waals surface area contributed by atoms with E-state index in [1.165, 1.54) is 12.1 Å². The Morgan fingerprint density at radius 2 is 1.77 bits per heavy atom. The number of nitrogens with zero attached hydrogens (tertiary/aromatic N) is 1. The largest absolute Gasteiger partial charge is 0.444 e. The Bertz CT molecular complexity index is 701. The van der Waals surface area contributed by atoms with E-state index in [0.29, 0.717) is 6.42 Å². The first-order chi connectivity index (χ1) is 12.0. The van der Waals surface area contributed by atoms with Crippen molar-refractivity contribution in [2.75, 3.05) is 0 Å². The van der Waals surface area contributed by atoms with Crippen LogP contribution in [0.1, 0.15) is 57.6 Å². The molecule has 0 aromatic heterocycles. The molecule has 2 atom stereocenters. The van der Waals surface area contributed by atoms with E-state index in [2.05, 4.69) is 0 Å². The maximum absolute atomic E-state index is 12.8. The van der Waals surface area contributed by atoms with Crippen LogP contribution in [-0.4, -0.2) is 28.7 Å². The monoisotopic (exact) mass is 367 g/mol. The van der Waals surface area contributed by atoms with E-state index in [9.17, 15) is 18.0 Å². The average Bonchev–Trinajstić information content (AvgIpc) is 2.51. The van der Waals surface area contributed by atoms with Crippen molar-refractivity contribution in [1.82, 2.24) is 4.90 Å². The van der Waals surface area contributed by atoms with Crippen molar-refractivity contribution >= 4 is 11.7 Å². The van der Waals surface area contributed by atoms with Crippen LogP contribution in [0, 0.1) is 0 Å². The molecule has 3 nitrogen and oxygen atoms in total. The molecule has 0 radical (unpaired) electrons. The molecule has 2 bridgehead atoms. The minimum atomic E-state index is -4.33. The fraction of sp³-hybridized carbons (Fsp3) is 0.550. The highest BCUT2D eigenvalue weighted by Gasteiger charge is 2.39. The third-order valence-electron chi connectivity index (χ3n) is 4.82. The summed E-state index contributed by atoms with van der Waals surface area (Å²) < 4.78 is 43.8. The van der Waals surface area contributed by atoms with Crippen LogP contribution in [0.2, 0.25) is 0 Å². The molecule has 0 aliphatic carbocycles. The summed E-state index contributed by atoms with van der Waals surface area (Å²) in [6.07, 6.45) is 0.779. The molecule has 0 saturated carbocycles. The molecule has 2 unspecified atom stereocenters. The maximum Gasteiger partial charge on any atom is 0.416 e. The number of amides is 1. The number of hydrogen-bond acceptors (Lipinski definition) is 2. The molecule has 26 heavy (non-hydrogen) atoms. The van der Waals surface area contributed by atoms with Gasteiger partial charge in [-0.25, -0.2) is 4.79 Å².